The summed E-state index contributed by atoms with van der Waals surface area (Å²) in [4.78, 5) is 8.83. The first-order valence-corrected chi connectivity index (χ1v) is 7.66. The number of halogens is 1. The van der Waals surface area contributed by atoms with E-state index in [1.165, 1.54) is 6.42 Å². The van der Waals surface area contributed by atoms with E-state index in [-0.39, 0.29) is 0 Å². The molecule has 0 saturated heterocycles. The summed E-state index contributed by atoms with van der Waals surface area (Å²) >= 11 is 3.49. The molecule has 0 unspecified atom stereocenters. The van der Waals surface area contributed by atoms with Crippen LogP contribution in [0.4, 0.5) is 5.69 Å². The van der Waals surface area contributed by atoms with Gasteiger partial charge in [-0.05, 0) is 54.1 Å². The zero-order valence-corrected chi connectivity index (χ0v) is 13.8. The quantitative estimate of drug-likeness (QED) is 0.517. The Morgan fingerprint density at radius 3 is 2.84 bits per heavy atom. The third kappa shape index (κ3) is 5.72. The monoisotopic (exact) mass is 326 g/mol. The van der Waals surface area contributed by atoms with Crippen molar-refractivity contribution in [2.24, 2.45) is 10.9 Å². The predicted molar refractivity (Wildman–Crippen MR) is 84.7 cm³/mol. The van der Waals surface area contributed by atoms with Crippen LogP contribution in [-0.4, -0.2) is 17.8 Å². The van der Waals surface area contributed by atoms with Gasteiger partial charge in [-0.3, -0.25) is 4.99 Å². The fourth-order valence-electron chi connectivity index (χ4n) is 1.63. The van der Waals surface area contributed by atoms with Crippen LogP contribution < -0.4 is 4.74 Å². The molecule has 0 radical (unpaired) electrons. The lowest BCUT2D eigenvalue weighted by Crippen LogP contribution is -2.02. The zero-order chi connectivity index (χ0) is 14.3. The largest absolute Gasteiger partial charge is 0.477 e. The SMILES string of the molecule is CCC=Nc1cc(Br)c(OCCCC(C)C)nc1C. The van der Waals surface area contributed by atoms with Crippen molar-refractivity contribution in [3.63, 3.8) is 0 Å². The van der Waals surface area contributed by atoms with Gasteiger partial charge < -0.3 is 4.74 Å². The highest BCUT2D eigenvalue weighted by molar-refractivity contribution is 9.10. The van der Waals surface area contributed by atoms with Crippen LogP contribution in [0.25, 0.3) is 0 Å². The van der Waals surface area contributed by atoms with Gasteiger partial charge >= 0.3 is 0 Å². The molecule has 0 fully saturated rings. The molecular weight excluding hydrogens is 304 g/mol. The normalized spacial score (nSPS) is 11.5. The maximum absolute atomic E-state index is 5.72. The zero-order valence-electron chi connectivity index (χ0n) is 12.2. The molecule has 0 amide bonds. The van der Waals surface area contributed by atoms with Crippen molar-refractivity contribution >= 4 is 27.8 Å². The van der Waals surface area contributed by atoms with E-state index in [1.54, 1.807) is 0 Å². The number of hydrogen-bond acceptors (Lipinski definition) is 3. The molecular formula is C15H23BrN2O. The highest BCUT2D eigenvalue weighted by Crippen LogP contribution is 2.29. The second kappa shape index (κ2) is 8.31. The van der Waals surface area contributed by atoms with E-state index in [9.17, 15) is 0 Å². The predicted octanol–water partition coefficient (Wildman–Crippen LogP) is 5.08. The van der Waals surface area contributed by atoms with Crippen LogP contribution in [0, 0.1) is 12.8 Å². The van der Waals surface area contributed by atoms with Crippen LogP contribution in [0.15, 0.2) is 15.5 Å². The van der Waals surface area contributed by atoms with Gasteiger partial charge in [0.1, 0.15) is 0 Å². The van der Waals surface area contributed by atoms with Gasteiger partial charge in [0, 0.05) is 6.21 Å². The molecule has 1 rings (SSSR count). The molecule has 0 aromatic carbocycles. The number of rotatable bonds is 7. The number of aromatic nitrogens is 1. The average Bonchev–Trinajstić information content (AvgIpc) is 2.36. The van der Waals surface area contributed by atoms with Crippen molar-refractivity contribution in [2.45, 2.75) is 47.0 Å². The second-order valence-corrected chi connectivity index (χ2v) is 5.84. The van der Waals surface area contributed by atoms with Gasteiger partial charge in [0.05, 0.1) is 22.5 Å². The van der Waals surface area contributed by atoms with Crippen LogP contribution in [0.2, 0.25) is 0 Å². The highest BCUT2D eigenvalue weighted by Gasteiger charge is 2.08. The lowest BCUT2D eigenvalue weighted by molar-refractivity contribution is 0.285. The fraction of sp³-hybridized carbons (Fsp3) is 0.600. The van der Waals surface area contributed by atoms with Crippen LogP contribution in [0.5, 0.6) is 5.88 Å². The molecule has 1 aromatic heterocycles. The minimum absolute atomic E-state index is 0.664. The Hall–Kier alpha value is -0.900. The molecule has 3 nitrogen and oxygen atoms in total. The van der Waals surface area contributed by atoms with E-state index >= 15 is 0 Å². The molecule has 0 saturated carbocycles. The fourth-order valence-corrected chi connectivity index (χ4v) is 2.05. The molecule has 0 bridgehead atoms. The summed E-state index contributed by atoms with van der Waals surface area (Å²) in [5.74, 6) is 1.38. The van der Waals surface area contributed by atoms with E-state index in [0.29, 0.717) is 18.4 Å². The lowest BCUT2D eigenvalue weighted by Gasteiger charge is -2.10. The number of ether oxygens (including phenoxy) is 1. The third-order valence-electron chi connectivity index (χ3n) is 2.69. The molecule has 4 heteroatoms. The van der Waals surface area contributed by atoms with E-state index in [4.69, 9.17) is 4.74 Å². The molecule has 0 aliphatic rings. The first-order valence-electron chi connectivity index (χ1n) is 6.87. The molecule has 0 spiro atoms. The van der Waals surface area contributed by atoms with Crippen molar-refractivity contribution in [3.05, 3.63) is 16.2 Å². The molecule has 1 aromatic rings. The van der Waals surface area contributed by atoms with E-state index in [0.717, 1.165) is 28.7 Å². The average molecular weight is 327 g/mol. The number of nitrogens with zero attached hydrogens (tertiary/aromatic N) is 2. The molecule has 106 valence electrons. The first-order chi connectivity index (χ1) is 9.04. The Bertz CT molecular complexity index is 430. The first kappa shape index (κ1) is 16.2. The number of pyridine rings is 1. The number of aryl methyl sites for hydroxylation is 1. The van der Waals surface area contributed by atoms with Gasteiger partial charge in [-0.1, -0.05) is 20.8 Å². The van der Waals surface area contributed by atoms with Gasteiger partial charge in [0.25, 0.3) is 0 Å². The molecule has 19 heavy (non-hydrogen) atoms. The Morgan fingerprint density at radius 1 is 1.47 bits per heavy atom. The van der Waals surface area contributed by atoms with Crippen molar-refractivity contribution in [1.82, 2.24) is 4.98 Å². The summed E-state index contributed by atoms with van der Waals surface area (Å²) in [5, 5.41) is 0. The summed E-state index contributed by atoms with van der Waals surface area (Å²) in [5.41, 5.74) is 1.79. The number of aliphatic imine (C=N–C) groups is 1. The van der Waals surface area contributed by atoms with Gasteiger partial charge in [0.15, 0.2) is 0 Å². The molecule has 0 aliphatic carbocycles. The molecule has 1 heterocycles. The van der Waals surface area contributed by atoms with Gasteiger partial charge in [-0.15, -0.1) is 0 Å². The van der Waals surface area contributed by atoms with Crippen molar-refractivity contribution in [1.29, 1.82) is 0 Å². The summed E-state index contributed by atoms with van der Waals surface area (Å²) in [7, 11) is 0. The van der Waals surface area contributed by atoms with Crippen molar-refractivity contribution < 1.29 is 4.74 Å². The minimum Gasteiger partial charge on any atom is -0.477 e. The summed E-state index contributed by atoms with van der Waals surface area (Å²) in [6.45, 7) is 9.17. The van der Waals surface area contributed by atoms with E-state index in [1.807, 2.05) is 19.2 Å². The summed E-state index contributed by atoms with van der Waals surface area (Å²) in [6, 6.07) is 1.96. The van der Waals surface area contributed by atoms with Crippen LogP contribution in [0.3, 0.4) is 0 Å². The minimum atomic E-state index is 0.664. The van der Waals surface area contributed by atoms with Crippen LogP contribution in [0.1, 0.15) is 45.7 Å². The second-order valence-electron chi connectivity index (χ2n) is 4.98. The maximum Gasteiger partial charge on any atom is 0.228 e. The summed E-state index contributed by atoms with van der Waals surface area (Å²) < 4.78 is 6.58. The summed E-state index contributed by atoms with van der Waals surface area (Å²) in [6.07, 6.45) is 5.04. The van der Waals surface area contributed by atoms with Gasteiger partial charge in [0.2, 0.25) is 5.88 Å². The maximum atomic E-state index is 5.72. The Balaban J connectivity index is 2.65. The Labute approximate surface area is 124 Å². The van der Waals surface area contributed by atoms with Crippen molar-refractivity contribution in [2.75, 3.05) is 6.61 Å². The van der Waals surface area contributed by atoms with E-state index in [2.05, 4.69) is 46.7 Å². The van der Waals surface area contributed by atoms with Crippen LogP contribution >= 0.6 is 15.9 Å². The standard InChI is InChI=1S/C15H23BrN2O/c1-5-8-17-14-10-13(16)15(18-12(14)4)19-9-6-7-11(2)3/h8,10-11H,5-7,9H2,1-4H3. The molecule has 0 N–H and O–H groups in total. The third-order valence-corrected chi connectivity index (χ3v) is 3.25. The Kier molecular flexibility index (Phi) is 7.06. The smallest absolute Gasteiger partial charge is 0.228 e. The molecule has 0 aliphatic heterocycles. The topological polar surface area (TPSA) is 34.5 Å². The van der Waals surface area contributed by atoms with Crippen molar-refractivity contribution in [3.8, 4) is 5.88 Å². The van der Waals surface area contributed by atoms with Gasteiger partial charge in [-0.2, -0.15) is 0 Å². The molecule has 0 atom stereocenters. The van der Waals surface area contributed by atoms with Crippen LogP contribution in [-0.2, 0) is 0 Å². The highest BCUT2D eigenvalue weighted by atomic mass is 79.9. The van der Waals surface area contributed by atoms with Gasteiger partial charge in [-0.25, -0.2) is 4.98 Å². The lowest BCUT2D eigenvalue weighted by atomic mass is 10.1. The Morgan fingerprint density at radius 2 is 2.21 bits per heavy atom. The number of hydrogen-bond donors (Lipinski definition) is 0. The van der Waals surface area contributed by atoms with E-state index < -0.39 is 0 Å².